The molecule has 0 aliphatic carbocycles. The number of nitrogens with zero attached hydrogens (tertiary/aromatic N) is 1. The van der Waals surface area contributed by atoms with Crippen molar-refractivity contribution in [3.05, 3.63) is 29.8 Å². The maximum atomic E-state index is 11.6. The number of aliphatic carboxylic acids is 1. The minimum Gasteiger partial charge on any atom is -0.494 e. The Hall–Kier alpha value is -1.55. The molecule has 1 aromatic rings. The normalized spacial score (nSPS) is 12.4. The van der Waals surface area contributed by atoms with Gasteiger partial charge in [-0.05, 0) is 50.6 Å². The van der Waals surface area contributed by atoms with Crippen molar-refractivity contribution in [2.45, 2.75) is 39.7 Å². The Balaban J connectivity index is 2.96. The van der Waals surface area contributed by atoms with E-state index >= 15 is 0 Å². The highest BCUT2D eigenvalue weighted by Crippen LogP contribution is 2.24. The van der Waals surface area contributed by atoms with Crippen LogP contribution in [0.15, 0.2) is 24.3 Å². The summed E-state index contributed by atoms with van der Waals surface area (Å²) in [6, 6.07) is 6.80. The molecule has 1 aromatic carbocycles. The Morgan fingerprint density at radius 3 is 2.10 bits per heavy atom. The first kappa shape index (κ1) is 16.5. The van der Waals surface area contributed by atoms with Gasteiger partial charge in [-0.1, -0.05) is 26.0 Å². The molecule has 4 nitrogen and oxygen atoms in total. The summed E-state index contributed by atoms with van der Waals surface area (Å²) in [6.45, 7) is 8.26. The van der Waals surface area contributed by atoms with E-state index in [-0.39, 0.29) is 0 Å². The monoisotopic (exact) mass is 279 g/mol. The van der Waals surface area contributed by atoms with Gasteiger partial charge in [0, 0.05) is 0 Å². The quantitative estimate of drug-likeness (QED) is 0.753. The maximum absolute atomic E-state index is 11.6. The predicted molar refractivity (Wildman–Crippen MR) is 80.1 cm³/mol. The van der Waals surface area contributed by atoms with Crippen LogP contribution in [-0.2, 0) is 4.79 Å². The summed E-state index contributed by atoms with van der Waals surface area (Å²) in [6.07, 6.45) is 1.89. The van der Waals surface area contributed by atoms with Gasteiger partial charge in [0.05, 0.1) is 6.61 Å². The Morgan fingerprint density at radius 1 is 1.15 bits per heavy atom. The first-order chi connectivity index (χ1) is 9.63. The molecule has 1 atom stereocenters. The molecule has 0 aliphatic rings. The van der Waals surface area contributed by atoms with Gasteiger partial charge in [0.15, 0.2) is 0 Å². The molecule has 0 saturated heterocycles. The summed E-state index contributed by atoms with van der Waals surface area (Å²) in [4.78, 5) is 13.7. The summed E-state index contributed by atoms with van der Waals surface area (Å²) in [5, 5.41) is 9.55. The topological polar surface area (TPSA) is 49.8 Å². The second-order valence-corrected chi connectivity index (χ2v) is 4.78. The molecule has 4 heteroatoms. The zero-order chi connectivity index (χ0) is 15.0. The standard InChI is InChI=1S/C16H25NO3/c1-4-11-17(12-5-2)15(16(18)19)13-7-9-14(10-8-13)20-6-3/h7-10,15H,4-6,11-12H2,1-3H3,(H,18,19). The van der Waals surface area contributed by atoms with Crippen molar-refractivity contribution in [3.63, 3.8) is 0 Å². The molecule has 1 rings (SSSR count). The number of carbonyl (C=O) groups is 1. The molecular formula is C16H25NO3. The lowest BCUT2D eigenvalue weighted by molar-refractivity contribution is -0.143. The largest absolute Gasteiger partial charge is 0.494 e. The number of rotatable bonds is 9. The van der Waals surface area contributed by atoms with Gasteiger partial charge in [-0.2, -0.15) is 0 Å². The molecule has 0 amide bonds. The summed E-state index contributed by atoms with van der Waals surface area (Å²) in [5.74, 6) is -0.0195. The number of carboxylic acid groups (broad SMARTS) is 1. The molecule has 20 heavy (non-hydrogen) atoms. The average Bonchev–Trinajstić information content (AvgIpc) is 2.41. The van der Waals surface area contributed by atoms with Gasteiger partial charge in [-0.3, -0.25) is 9.69 Å². The second kappa shape index (κ2) is 8.59. The van der Waals surface area contributed by atoms with E-state index in [1.807, 2.05) is 36.1 Å². The molecule has 0 radical (unpaired) electrons. The van der Waals surface area contributed by atoms with Crippen molar-refractivity contribution in [2.75, 3.05) is 19.7 Å². The summed E-state index contributed by atoms with van der Waals surface area (Å²) in [5.41, 5.74) is 0.808. The molecule has 0 spiro atoms. The molecule has 0 aromatic heterocycles. The second-order valence-electron chi connectivity index (χ2n) is 4.78. The molecule has 0 bridgehead atoms. The van der Waals surface area contributed by atoms with Crippen molar-refractivity contribution in [3.8, 4) is 5.75 Å². The highest BCUT2D eigenvalue weighted by molar-refractivity contribution is 5.75. The van der Waals surface area contributed by atoms with Gasteiger partial charge in [-0.15, -0.1) is 0 Å². The Labute approximate surface area is 121 Å². The molecule has 0 saturated carbocycles. The van der Waals surface area contributed by atoms with Gasteiger partial charge in [-0.25, -0.2) is 0 Å². The lowest BCUT2D eigenvalue weighted by atomic mass is 10.0. The lowest BCUT2D eigenvalue weighted by Gasteiger charge is -2.28. The van der Waals surface area contributed by atoms with Gasteiger partial charge < -0.3 is 9.84 Å². The Kier molecular flexibility index (Phi) is 7.09. The minimum atomic E-state index is -0.795. The zero-order valence-corrected chi connectivity index (χ0v) is 12.6. The highest BCUT2D eigenvalue weighted by atomic mass is 16.5. The van der Waals surface area contributed by atoms with Crippen LogP contribution in [0.4, 0.5) is 0 Å². The highest BCUT2D eigenvalue weighted by Gasteiger charge is 2.26. The van der Waals surface area contributed by atoms with Gasteiger partial charge in [0.1, 0.15) is 11.8 Å². The first-order valence-corrected chi connectivity index (χ1v) is 7.33. The van der Waals surface area contributed by atoms with Crippen LogP contribution in [0.5, 0.6) is 5.75 Å². The summed E-state index contributed by atoms with van der Waals surface area (Å²) < 4.78 is 5.40. The van der Waals surface area contributed by atoms with E-state index in [4.69, 9.17) is 4.74 Å². The average molecular weight is 279 g/mol. The summed E-state index contributed by atoms with van der Waals surface area (Å²) >= 11 is 0. The van der Waals surface area contributed by atoms with Crippen molar-refractivity contribution in [1.82, 2.24) is 4.90 Å². The van der Waals surface area contributed by atoms with Crippen LogP contribution in [0.25, 0.3) is 0 Å². The van der Waals surface area contributed by atoms with Crippen LogP contribution in [0.2, 0.25) is 0 Å². The molecular weight excluding hydrogens is 254 g/mol. The van der Waals surface area contributed by atoms with Crippen molar-refractivity contribution >= 4 is 5.97 Å². The SMILES string of the molecule is CCCN(CCC)C(C(=O)O)c1ccc(OCC)cc1. The van der Waals surface area contributed by atoms with Crippen molar-refractivity contribution < 1.29 is 14.6 Å². The fraction of sp³-hybridized carbons (Fsp3) is 0.562. The lowest BCUT2D eigenvalue weighted by Crippen LogP contribution is -2.35. The minimum absolute atomic E-state index is 0.578. The molecule has 0 fully saturated rings. The third-order valence-electron chi connectivity index (χ3n) is 3.13. The van der Waals surface area contributed by atoms with Crippen LogP contribution < -0.4 is 4.74 Å². The number of ether oxygens (including phenoxy) is 1. The number of carboxylic acids is 1. The van der Waals surface area contributed by atoms with E-state index < -0.39 is 12.0 Å². The van der Waals surface area contributed by atoms with E-state index in [2.05, 4.69) is 13.8 Å². The fourth-order valence-corrected chi connectivity index (χ4v) is 2.37. The van der Waals surface area contributed by atoms with Gasteiger partial charge in [0.25, 0.3) is 0 Å². The van der Waals surface area contributed by atoms with E-state index in [0.717, 1.165) is 37.2 Å². The van der Waals surface area contributed by atoms with Crippen LogP contribution in [0.3, 0.4) is 0 Å². The third-order valence-corrected chi connectivity index (χ3v) is 3.13. The summed E-state index contributed by atoms with van der Waals surface area (Å²) in [7, 11) is 0. The fourth-order valence-electron chi connectivity index (χ4n) is 2.37. The van der Waals surface area contributed by atoms with E-state index in [1.165, 1.54) is 0 Å². The van der Waals surface area contributed by atoms with Crippen molar-refractivity contribution in [1.29, 1.82) is 0 Å². The Morgan fingerprint density at radius 2 is 1.70 bits per heavy atom. The van der Waals surface area contributed by atoms with Gasteiger partial charge >= 0.3 is 5.97 Å². The number of benzene rings is 1. The van der Waals surface area contributed by atoms with E-state index in [1.54, 1.807) is 0 Å². The van der Waals surface area contributed by atoms with E-state index in [0.29, 0.717) is 6.61 Å². The first-order valence-electron chi connectivity index (χ1n) is 7.33. The van der Waals surface area contributed by atoms with Crippen LogP contribution in [-0.4, -0.2) is 35.7 Å². The number of hydrogen-bond acceptors (Lipinski definition) is 3. The van der Waals surface area contributed by atoms with Crippen LogP contribution in [0, 0.1) is 0 Å². The van der Waals surface area contributed by atoms with Crippen molar-refractivity contribution in [2.24, 2.45) is 0 Å². The molecule has 1 N–H and O–H groups in total. The Bertz CT molecular complexity index is 397. The van der Waals surface area contributed by atoms with Crippen LogP contribution in [0.1, 0.15) is 45.2 Å². The third kappa shape index (κ3) is 4.53. The van der Waals surface area contributed by atoms with Crippen LogP contribution >= 0.6 is 0 Å². The van der Waals surface area contributed by atoms with E-state index in [9.17, 15) is 9.90 Å². The zero-order valence-electron chi connectivity index (χ0n) is 12.6. The number of hydrogen-bond donors (Lipinski definition) is 1. The molecule has 112 valence electrons. The maximum Gasteiger partial charge on any atom is 0.325 e. The molecule has 0 aliphatic heterocycles. The molecule has 0 heterocycles. The smallest absolute Gasteiger partial charge is 0.325 e. The molecule has 1 unspecified atom stereocenters. The van der Waals surface area contributed by atoms with Gasteiger partial charge in [0.2, 0.25) is 0 Å². The predicted octanol–water partition coefficient (Wildman–Crippen LogP) is 3.33.